The average Bonchev–Trinajstić information content (AvgIpc) is 3.38. The number of aryl methyl sites for hydroxylation is 2. The zero-order valence-corrected chi connectivity index (χ0v) is 16.4. The van der Waals surface area contributed by atoms with Gasteiger partial charge in [0.2, 0.25) is 5.95 Å². The van der Waals surface area contributed by atoms with Gasteiger partial charge >= 0.3 is 5.91 Å². The number of oxazole rings is 1. The zero-order chi connectivity index (χ0) is 20.2. The Balaban J connectivity index is 1.46. The molecule has 0 aliphatic carbocycles. The van der Waals surface area contributed by atoms with E-state index in [-0.39, 0.29) is 11.8 Å². The fourth-order valence-electron chi connectivity index (χ4n) is 3.14. The van der Waals surface area contributed by atoms with Crippen LogP contribution in [0.3, 0.4) is 0 Å². The predicted octanol–water partition coefficient (Wildman–Crippen LogP) is 2.07. The topological polar surface area (TPSA) is 120 Å². The van der Waals surface area contributed by atoms with E-state index < -0.39 is 0 Å². The minimum atomic E-state index is -0.346. The molecule has 1 amide bonds. The average molecular weight is 397 g/mol. The Labute approximate surface area is 167 Å². The van der Waals surface area contributed by atoms with E-state index in [1.165, 1.54) is 6.26 Å². The van der Waals surface area contributed by atoms with Crippen LogP contribution in [-0.4, -0.2) is 50.4 Å². The van der Waals surface area contributed by atoms with E-state index in [4.69, 9.17) is 9.15 Å². The molecular formula is C19H23N7O3. The largest absolute Gasteiger partial charge is 0.440 e. The van der Waals surface area contributed by atoms with E-state index in [1.807, 2.05) is 20.0 Å². The fourth-order valence-corrected chi connectivity index (χ4v) is 3.14. The van der Waals surface area contributed by atoms with Crippen molar-refractivity contribution in [3.63, 3.8) is 0 Å². The first kappa shape index (κ1) is 19.1. The summed E-state index contributed by atoms with van der Waals surface area (Å²) in [6, 6.07) is 1.82. The first-order chi connectivity index (χ1) is 14.1. The van der Waals surface area contributed by atoms with Gasteiger partial charge in [0.1, 0.15) is 23.5 Å². The van der Waals surface area contributed by atoms with Crippen molar-refractivity contribution >= 4 is 17.7 Å². The second-order valence-electron chi connectivity index (χ2n) is 7.02. The fraction of sp³-hybridized carbons (Fsp3) is 0.421. The van der Waals surface area contributed by atoms with E-state index in [1.54, 1.807) is 17.1 Å². The van der Waals surface area contributed by atoms with Gasteiger partial charge in [-0.1, -0.05) is 0 Å². The number of ether oxygens (including phenoxy) is 1. The van der Waals surface area contributed by atoms with Crippen molar-refractivity contribution in [3.05, 3.63) is 36.2 Å². The molecule has 10 nitrogen and oxygen atoms in total. The molecule has 3 aromatic heterocycles. The van der Waals surface area contributed by atoms with Crippen LogP contribution in [0.15, 0.2) is 29.1 Å². The summed E-state index contributed by atoms with van der Waals surface area (Å²) < 4.78 is 12.5. The van der Waals surface area contributed by atoms with Gasteiger partial charge in [-0.25, -0.2) is 15.0 Å². The molecule has 0 spiro atoms. The lowest BCUT2D eigenvalue weighted by atomic mass is 10.0. The number of carbonyl (C=O) groups excluding carboxylic acids is 1. The monoisotopic (exact) mass is 397 g/mol. The molecule has 3 aromatic rings. The van der Waals surface area contributed by atoms with Gasteiger partial charge in [-0.05, 0) is 31.2 Å². The van der Waals surface area contributed by atoms with Gasteiger partial charge in [-0.2, -0.15) is 5.10 Å². The summed E-state index contributed by atoms with van der Waals surface area (Å²) in [5.74, 6) is 1.15. The lowest BCUT2D eigenvalue weighted by Crippen LogP contribution is -2.33. The number of nitrogens with zero attached hydrogens (tertiary/aromatic N) is 5. The number of amides is 1. The van der Waals surface area contributed by atoms with Crippen LogP contribution in [0.4, 0.5) is 11.8 Å². The third kappa shape index (κ3) is 4.43. The van der Waals surface area contributed by atoms with Crippen molar-refractivity contribution in [2.75, 3.05) is 25.1 Å². The highest BCUT2D eigenvalue weighted by Gasteiger charge is 2.19. The van der Waals surface area contributed by atoms with Crippen molar-refractivity contribution in [1.29, 1.82) is 0 Å². The Morgan fingerprint density at radius 3 is 3.03 bits per heavy atom. The van der Waals surface area contributed by atoms with Gasteiger partial charge in [-0.3, -0.25) is 9.48 Å². The smallest absolute Gasteiger partial charge is 0.307 e. The van der Waals surface area contributed by atoms with Crippen molar-refractivity contribution in [3.8, 4) is 11.4 Å². The summed E-state index contributed by atoms with van der Waals surface area (Å²) in [5, 5.41) is 10.1. The van der Waals surface area contributed by atoms with Crippen molar-refractivity contribution in [1.82, 2.24) is 30.0 Å². The molecular weight excluding hydrogens is 374 g/mol. The summed E-state index contributed by atoms with van der Waals surface area (Å²) in [6.45, 7) is 3.88. The molecule has 1 atom stereocenters. The second-order valence-corrected chi connectivity index (χ2v) is 7.02. The van der Waals surface area contributed by atoms with Gasteiger partial charge in [0.05, 0.1) is 12.8 Å². The van der Waals surface area contributed by atoms with Crippen molar-refractivity contribution in [2.24, 2.45) is 13.0 Å². The molecule has 4 heterocycles. The summed E-state index contributed by atoms with van der Waals surface area (Å²) in [7, 11) is 1.82. The number of aromatic nitrogens is 5. The number of nitrogens with one attached hydrogen (secondary N) is 2. The lowest BCUT2D eigenvalue weighted by Gasteiger charge is -2.21. The number of hydrogen-bond acceptors (Lipinski definition) is 8. The van der Waals surface area contributed by atoms with E-state index >= 15 is 0 Å². The Morgan fingerprint density at radius 1 is 1.38 bits per heavy atom. The Bertz CT molecular complexity index is 991. The molecule has 2 N–H and O–H groups in total. The molecule has 10 heteroatoms. The lowest BCUT2D eigenvalue weighted by molar-refractivity contribution is 0.0532. The van der Waals surface area contributed by atoms with Gasteiger partial charge in [-0.15, -0.1) is 0 Å². The second kappa shape index (κ2) is 8.39. The van der Waals surface area contributed by atoms with E-state index in [2.05, 4.69) is 30.7 Å². The zero-order valence-electron chi connectivity index (χ0n) is 16.4. The number of anilines is 2. The quantitative estimate of drug-likeness (QED) is 0.649. The maximum absolute atomic E-state index is 12.4. The normalized spacial score (nSPS) is 16.6. The molecule has 0 saturated carbocycles. The van der Waals surface area contributed by atoms with E-state index in [0.29, 0.717) is 36.4 Å². The van der Waals surface area contributed by atoms with E-state index in [0.717, 1.165) is 30.8 Å². The molecule has 1 aliphatic rings. The molecule has 1 fully saturated rings. The van der Waals surface area contributed by atoms with Crippen molar-refractivity contribution < 1.29 is 13.9 Å². The minimum absolute atomic E-state index is 0.0101. The van der Waals surface area contributed by atoms with Crippen LogP contribution >= 0.6 is 0 Å². The van der Waals surface area contributed by atoms with Gasteiger partial charge < -0.3 is 19.8 Å². The Hall–Kier alpha value is -3.27. The summed E-state index contributed by atoms with van der Waals surface area (Å²) in [6.07, 6.45) is 6.87. The molecule has 4 rings (SSSR count). The van der Waals surface area contributed by atoms with Crippen LogP contribution < -0.4 is 10.6 Å². The van der Waals surface area contributed by atoms with Crippen LogP contribution in [0.1, 0.15) is 29.1 Å². The maximum atomic E-state index is 12.4. The Kier molecular flexibility index (Phi) is 5.52. The van der Waals surface area contributed by atoms with Gasteiger partial charge in [0, 0.05) is 32.5 Å². The first-order valence-corrected chi connectivity index (χ1v) is 9.50. The van der Waals surface area contributed by atoms with Gasteiger partial charge in [0.25, 0.3) is 5.89 Å². The standard InChI is InChI=1S/C19H23N7O3/c1-12-8-21-19(24-15-5-6-22-26(15)2)25-16(12)14-11-29-18(23-14)17(27)20-9-13-4-3-7-28-10-13/h5-6,8,11,13H,3-4,7,9-10H2,1-2H3,(H,20,27)(H,21,24,25). The third-order valence-corrected chi connectivity index (χ3v) is 4.78. The molecule has 1 saturated heterocycles. The number of hydrogen-bond donors (Lipinski definition) is 2. The van der Waals surface area contributed by atoms with Crippen LogP contribution in [0.25, 0.3) is 11.4 Å². The highest BCUT2D eigenvalue weighted by molar-refractivity contribution is 5.90. The van der Waals surface area contributed by atoms with Crippen LogP contribution in [0.5, 0.6) is 0 Å². The summed E-state index contributed by atoms with van der Waals surface area (Å²) >= 11 is 0. The molecule has 0 bridgehead atoms. The first-order valence-electron chi connectivity index (χ1n) is 9.50. The van der Waals surface area contributed by atoms with Crippen molar-refractivity contribution in [2.45, 2.75) is 19.8 Å². The van der Waals surface area contributed by atoms with Crippen LogP contribution in [-0.2, 0) is 11.8 Å². The minimum Gasteiger partial charge on any atom is -0.440 e. The molecule has 152 valence electrons. The molecule has 1 aliphatic heterocycles. The molecule has 1 unspecified atom stereocenters. The summed E-state index contributed by atoms with van der Waals surface area (Å²) in [5.41, 5.74) is 1.89. The number of rotatable bonds is 6. The van der Waals surface area contributed by atoms with Crippen LogP contribution in [0, 0.1) is 12.8 Å². The Morgan fingerprint density at radius 2 is 2.28 bits per heavy atom. The van der Waals surface area contributed by atoms with Crippen LogP contribution in [0.2, 0.25) is 0 Å². The number of carbonyl (C=O) groups is 1. The predicted molar refractivity (Wildman–Crippen MR) is 105 cm³/mol. The third-order valence-electron chi connectivity index (χ3n) is 4.78. The maximum Gasteiger partial charge on any atom is 0.307 e. The van der Waals surface area contributed by atoms with E-state index in [9.17, 15) is 4.79 Å². The SMILES string of the molecule is Cc1cnc(Nc2ccnn2C)nc1-c1coc(C(=O)NCC2CCCOC2)n1. The molecule has 29 heavy (non-hydrogen) atoms. The molecule has 0 aromatic carbocycles. The molecule has 0 radical (unpaired) electrons. The highest BCUT2D eigenvalue weighted by Crippen LogP contribution is 2.22. The summed E-state index contributed by atoms with van der Waals surface area (Å²) in [4.78, 5) is 25.5. The highest BCUT2D eigenvalue weighted by atomic mass is 16.5. The van der Waals surface area contributed by atoms with Gasteiger partial charge in [0.15, 0.2) is 0 Å².